The molecule has 0 fully saturated rings. The van der Waals surface area contributed by atoms with Gasteiger partial charge in [-0.1, -0.05) is 27.7 Å². The highest BCUT2D eigenvalue weighted by Gasteiger charge is 2.08. The first-order valence-electron chi connectivity index (χ1n) is 5.93. The van der Waals surface area contributed by atoms with Gasteiger partial charge in [-0.25, -0.2) is 0 Å². The Hall–Kier alpha value is -0.570. The third kappa shape index (κ3) is 11.4. The Bertz CT molecular complexity index is 173. The molecule has 1 amide bonds. The molecule has 0 atom stereocenters. The fourth-order valence-corrected chi connectivity index (χ4v) is 1.22. The lowest BCUT2D eigenvalue weighted by Crippen LogP contribution is -2.30. The third-order valence-electron chi connectivity index (χ3n) is 1.98. The third-order valence-corrected chi connectivity index (χ3v) is 1.98. The smallest absolute Gasteiger partial charge is 0.219 e. The molecule has 0 aromatic carbocycles. The molecule has 2 N–H and O–H groups in total. The lowest BCUT2D eigenvalue weighted by molar-refractivity contribution is -0.121. The molecule has 0 heterocycles. The Labute approximate surface area is 94.0 Å². The maximum absolute atomic E-state index is 11.1. The summed E-state index contributed by atoms with van der Waals surface area (Å²) in [5.74, 6) is 0.174. The zero-order chi connectivity index (χ0) is 11.7. The van der Waals surface area contributed by atoms with Gasteiger partial charge in [-0.3, -0.25) is 4.79 Å². The van der Waals surface area contributed by atoms with Gasteiger partial charge in [0.25, 0.3) is 0 Å². The summed E-state index contributed by atoms with van der Waals surface area (Å²) in [6, 6.07) is 0. The number of hydrogen-bond donors (Lipinski definition) is 2. The Morgan fingerprint density at radius 1 is 1.20 bits per heavy atom. The number of carbonyl (C=O) groups excluding carboxylic acids is 1. The predicted octanol–water partition coefficient (Wildman–Crippen LogP) is 1.93. The standard InChI is InChI=1S/C12H26N2O/c1-5-7-11(15)14-9-6-8-13-10-12(2,3)4/h13H,5-10H2,1-4H3,(H,14,15). The van der Waals surface area contributed by atoms with Crippen LogP contribution in [0.5, 0.6) is 0 Å². The molecule has 3 nitrogen and oxygen atoms in total. The van der Waals surface area contributed by atoms with E-state index < -0.39 is 0 Å². The van der Waals surface area contributed by atoms with E-state index in [0.717, 1.165) is 32.5 Å². The van der Waals surface area contributed by atoms with Crippen molar-refractivity contribution in [2.45, 2.75) is 47.0 Å². The zero-order valence-corrected chi connectivity index (χ0v) is 10.7. The molecule has 0 aromatic heterocycles. The van der Waals surface area contributed by atoms with Crippen LogP contribution in [0.15, 0.2) is 0 Å². The first kappa shape index (κ1) is 14.4. The van der Waals surface area contributed by atoms with Gasteiger partial charge in [0.2, 0.25) is 5.91 Å². The summed E-state index contributed by atoms with van der Waals surface area (Å²) in [5.41, 5.74) is 0.339. The number of rotatable bonds is 7. The number of carbonyl (C=O) groups is 1. The Morgan fingerprint density at radius 2 is 1.87 bits per heavy atom. The monoisotopic (exact) mass is 214 g/mol. The van der Waals surface area contributed by atoms with Crippen LogP contribution >= 0.6 is 0 Å². The van der Waals surface area contributed by atoms with Crippen molar-refractivity contribution < 1.29 is 4.79 Å². The number of hydrogen-bond acceptors (Lipinski definition) is 2. The van der Waals surface area contributed by atoms with Crippen LogP contribution in [0, 0.1) is 5.41 Å². The first-order valence-corrected chi connectivity index (χ1v) is 5.93. The lowest BCUT2D eigenvalue weighted by atomic mass is 9.97. The Balaban J connectivity index is 3.22. The van der Waals surface area contributed by atoms with E-state index >= 15 is 0 Å². The first-order chi connectivity index (χ1) is 6.95. The second-order valence-corrected chi connectivity index (χ2v) is 5.19. The quantitative estimate of drug-likeness (QED) is 0.636. The van der Waals surface area contributed by atoms with Crippen LogP contribution in [0.25, 0.3) is 0 Å². The maximum Gasteiger partial charge on any atom is 0.219 e. The summed E-state index contributed by atoms with van der Waals surface area (Å²) in [6.45, 7) is 11.4. The SMILES string of the molecule is CCCC(=O)NCCCNCC(C)(C)C. The average molecular weight is 214 g/mol. The molecule has 3 heteroatoms. The molecule has 0 aliphatic carbocycles. The number of amides is 1. The van der Waals surface area contributed by atoms with Gasteiger partial charge in [-0.05, 0) is 31.3 Å². The van der Waals surface area contributed by atoms with Gasteiger partial charge in [0.05, 0.1) is 0 Å². The van der Waals surface area contributed by atoms with E-state index in [4.69, 9.17) is 0 Å². The van der Waals surface area contributed by atoms with Gasteiger partial charge in [0.1, 0.15) is 0 Å². The van der Waals surface area contributed by atoms with E-state index in [1.54, 1.807) is 0 Å². The summed E-state index contributed by atoms with van der Waals surface area (Å²) in [5, 5.41) is 6.28. The molecule has 15 heavy (non-hydrogen) atoms. The molecule has 0 spiro atoms. The highest BCUT2D eigenvalue weighted by molar-refractivity contribution is 5.75. The fourth-order valence-electron chi connectivity index (χ4n) is 1.22. The highest BCUT2D eigenvalue weighted by Crippen LogP contribution is 2.09. The molecule has 90 valence electrons. The minimum Gasteiger partial charge on any atom is -0.356 e. The molecule has 0 unspecified atom stereocenters. The zero-order valence-electron chi connectivity index (χ0n) is 10.7. The van der Waals surface area contributed by atoms with Crippen molar-refractivity contribution in [3.05, 3.63) is 0 Å². The number of nitrogens with one attached hydrogen (secondary N) is 2. The van der Waals surface area contributed by atoms with E-state index in [1.165, 1.54) is 0 Å². The van der Waals surface area contributed by atoms with Crippen molar-refractivity contribution in [1.82, 2.24) is 10.6 Å². The van der Waals surface area contributed by atoms with Crippen LogP contribution in [0.4, 0.5) is 0 Å². The van der Waals surface area contributed by atoms with Crippen LogP contribution < -0.4 is 10.6 Å². The molecular weight excluding hydrogens is 188 g/mol. The second-order valence-electron chi connectivity index (χ2n) is 5.19. The van der Waals surface area contributed by atoms with Crippen LogP contribution in [0.3, 0.4) is 0 Å². The van der Waals surface area contributed by atoms with E-state index in [1.807, 2.05) is 6.92 Å². The van der Waals surface area contributed by atoms with Gasteiger partial charge in [-0.2, -0.15) is 0 Å². The molecular formula is C12H26N2O. The molecule has 0 aliphatic heterocycles. The molecule has 0 saturated heterocycles. The highest BCUT2D eigenvalue weighted by atomic mass is 16.1. The summed E-state index contributed by atoms with van der Waals surface area (Å²) >= 11 is 0. The largest absolute Gasteiger partial charge is 0.356 e. The predicted molar refractivity (Wildman–Crippen MR) is 64.9 cm³/mol. The van der Waals surface area contributed by atoms with Crippen molar-refractivity contribution in [1.29, 1.82) is 0 Å². The van der Waals surface area contributed by atoms with E-state index in [2.05, 4.69) is 31.4 Å². The van der Waals surface area contributed by atoms with Crippen LogP contribution in [0.1, 0.15) is 47.0 Å². The summed E-state index contributed by atoms with van der Waals surface area (Å²) in [4.78, 5) is 11.1. The summed E-state index contributed by atoms with van der Waals surface area (Å²) < 4.78 is 0. The Morgan fingerprint density at radius 3 is 2.40 bits per heavy atom. The van der Waals surface area contributed by atoms with Crippen molar-refractivity contribution in [2.75, 3.05) is 19.6 Å². The van der Waals surface area contributed by atoms with E-state index in [0.29, 0.717) is 11.8 Å². The lowest BCUT2D eigenvalue weighted by Gasteiger charge is -2.18. The van der Waals surface area contributed by atoms with E-state index in [-0.39, 0.29) is 5.91 Å². The summed E-state index contributed by atoms with van der Waals surface area (Å²) in [7, 11) is 0. The van der Waals surface area contributed by atoms with Crippen molar-refractivity contribution in [2.24, 2.45) is 5.41 Å². The Kier molecular flexibility index (Phi) is 7.39. The molecule has 0 aliphatic rings. The van der Waals surface area contributed by atoms with Crippen LogP contribution in [-0.2, 0) is 4.79 Å². The normalized spacial score (nSPS) is 11.5. The van der Waals surface area contributed by atoms with Gasteiger partial charge < -0.3 is 10.6 Å². The van der Waals surface area contributed by atoms with Gasteiger partial charge in [0, 0.05) is 13.0 Å². The molecule has 0 saturated carbocycles. The van der Waals surface area contributed by atoms with Crippen molar-refractivity contribution in [3.8, 4) is 0 Å². The summed E-state index contributed by atoms with van der Waals surface area (Å²) in [6.07, 6.45) is 2.58. The van der Waals surface area contributed by atoms with Crippen molar-refractivity contribution >= 4 is 5.91 Å². The van der Waals surface area contributed by atoms with Crippen molar-refractivity contribution in [3.63, 3.8) is 0 Å². The van der Waals surface area contributed by atoms with Gasteiger partial charge >= 0.3 is 0 Å². The molecule has 0 bridgehead atoms. The fraction of sp³-hybridized carbons (Fsp3) is 0.917. The molecule has 0 aromatic rings. The van der Waals surface area contributed by atoms with Crippen LogP contribution in [-0.4, -0.2) is 25.5 Å². The topological polar surface area (TPSA) is 41.1 Å². The van der Waals surface area contributed by atoms with Gasteiger partial charge in [0.15, 0.2) is 0 Å². The van der Waals surface area contributed by atoms with E-state index in [9.17, 15) is 4.79 Å². The minimum atomic E-state index is 0.174. The van der Waals surface area contributed by atoms with Gasteiger partial charge in [-0.15, -0.1) is 0 Å². The molecule has 0 radical (unpaired) electrons. The average Bonchev–Trinajstić information content (AvgIpc) is 2.09. The second kappa shape index (κ2) is 7.69. The molecule has 0 rings (SSSR count). The minimum absolute atomic E-state index is 0.174. The van der Waals surface area contributed by atoms with Crippen LogP contribution in [0.2, 0.25) is 0 Å². The maximum atomic E-state index is 11.1.